The number of aliphatic hydroxyl groups excluding tert-OH is 1. The van der Waals surface area contributed by atoms with E-state index in [9.17, 15) is 4.79 Å². The number of carbonyl (C=O) groups is 1. The summed E-state index contributed by atoms with van der Waals surface area (Å²) in [5.74, 6) is 0. The van der Waals surface area contributed by atoms with Crippen molar-refractivity contribution in [3.05, 3.63) is 36.5 Å². The van der Waals surface area contributed by atoms with Gasteiger partial charge < -0.3 is 10.4 Å². The van der Waals surface area contributed by atoms with E-state index in [1.165, 1.54) is 11.3 Å². The lowest BCUT2D eigenvalue weighted by atomic mass is 9.74. The zero-order valence-electron chi connectivity index (χ0n) is 12.2. The minimum atomic E-state index is -0.248. The van der Waals surface area contributed by atoms with E-state index in [0.717, 1.165) is 29.7 Å². The SMILES string of the molecule is O=C(Nc1ncc(-c2ccccc2)s1)NC1(CCO)CCC1. The lowest BCUT2D eigenvalue weighted by Crippen LogP contribution is -2.55. The van der Waals surface area contributed by atoms with Gasteiger partial charge in [-0.3, -0.25) is 5.32 Å². The third-order valence-corrected chi connectivity index (χ3v) is 5.03. The number of nitrogens with zero attached hydrogens (tertiary/aromatic N) is 1. The highest BCUT2D eigenvalue weighted by Crippen LogP contribution is 2.35. The standard InChI is InChI=1S/C16H19N3O2S/c20-10-9-16(7-4-8-16)19-14(21)18-15-17-11-13(22-15)12-5-2-1-3-6-12/h1-3,5-6,11,20H,4,7-10H2,(H2,17,18,19,21). The first-order valence-corrected chi connectivity index (χ1v) is 8.24. The number of aliphatic hydroxyl groups is 1. The Labute approximate surface area is 133 Å². The number of thiazole rings is 1. The molecule has 0 unspecified atom stereocenters. The smallest absolute Gasteiger partial charge is 0.321 e. The van der Waals surface area contributed by atoms with E-state index in [0.29, 0.717) is 11.6 Å². The Bertz CT molecular complexity index is 638. The normalized spacial score (nSPS) is 15.9. The maximum Gasteiger partial charge on any atom is 0.321 e. The molecule has 0 radical (unpaired) electrons. The number of anilines is 1. The monoisotopic (exact) mass is 317 g/mol. The first-order valence-electron chi connectivity index (χ1n) is 7.42. The van der Waals surface area contributed by atoms with Crippen molar-refractivity contribution in [2.45, 2.75) is 31.2 Å². The van der Waals surface area contributed by atoms with Gasteiger partial charge in [0.15, 0.2) is 5.13 Å². The average molecular weight is 317 g/mol. The predicted molar refractivity (Wildman–Crippen MR) is 88.0 cm³/mol. The van der Waals surface area contributed by atoms with Gasteiger partial charge in [-0.05, 0) is 31.2 Å². The summed E-state index contributed by atoms with van der Waals surface area (Å²) in [5, 5.41) is 15.5. The first-order chi connectivity index (χ1) is 10.7. The predicted octanol–water partition coefficient (Wildman–Crippen LogP) is 3.24. The van der Waals surface area contributed by atoms with Crippen molar-refractivity contribution < 1.29 is 9.90 Å². The number of benzene rings is 1. The van der Waals surface area contributed by atoms with Crippen LogP contribution in [0.15, 0.2) is 36.5 Å². The third kappa shape index (κ3) is 3.28. The summed E-state index contributed by atoms with van der Waals surface area (Å²) < 4.78 is 0. The Balaban J connectivity index is 1.62. The van der Waals surface area contributed by atoms with Gasteiger partial charge in [-0.25, -0.2) is 9.78 Å². The molecule has 0 bridgehead atoms. The molecule has 6 heteroatoms. The maximum atomic E-state index is 12.1. The molecule has 116 valence electrons. The van der Waals surface area contributed by atoms with E-state index < -0.39 is 0 Å². The highest BCUT2D eigenvalue weighted by atomic mass is 32.1. The van der Waals surface area contributed by atoms with Crippen molar-refractivity contribution in [2.75, 3.05) is 11.9 Å². The Hall–Kier alpha value is -1.92. The van der Waals surface area contributed by atoms with Crippen LogP contribution < -0.4 is 10.6 Å². The van der Waals surface area contributed by atoms with Crippen molar-refractivity contribution in [2.24, 2.45) is 0 Å². The molecule has 2 aromatic rings. The van der Waals surface area contributed by atoms with Crippen molar-refractivity contribution in [1.82, 2.24) is 10.3 Å². The molecule has 1 aromatic heterocycles. The Kier molecular flexibility index (Phi) is 4.40. The maximum absolute atomic E-state index is 12.1. The minimum absolute atomic E-state index is 0.0929. The molecule has 0 atom stereocenters. The van der Waals surface area contributed by atoms with Gasteiger partial charge in [0.05, 0.1) is 4.88 Å². The van der Waals surface area contributed by atoms with E-state index in [4.69, 9.17) is 5.11 Å². The van der Waals surface area contributed by atoms with Crippen LogP contribution in [0, 0.1) is 0 Å². The van der Waals surface area contributed by atoms with E-state index in [2.05, 4.69) is 15.6 Å². The molecule has 1 aromatic carbocycles. The van der Waals surface area contributed by atoms with E-state index in [1.807, 2.05) is 30.3 Å². The van der Waals surface area contributed by atoms with Crippen LogP contribution in [0.3, 0.4) is 0 Å². The van der Waals surface area contributed by atoms with Gasteiger partial charge in [0.2, 0.25) is 0 Å². The van der Waals surface area contributed by atoms with Gasteiger partial charge in [0.25, 0.3) is 0 Å². The van der Waals surface area contributed by atoms with E-state index in [-0.39, 0.29) is 18.2 Å². The fourth-order valence-corrected chi connectivity index (χ4v) is 3.51. The second-order valence-electron chi connectivity index (χ2n) is 5.58. The summed E-state index contributed by atoms with van der Waals surface area (Å²) in [6, 6.07) is 9.70. The molecule has 0 saturated heterocycles. The molecule has 3 rings (SSSR count). The minimum Gasteiger partial charge on any atom is -0.396 e. The zero-order valence-corrected chi connectivity index (χ0v) is 13.0. The first kappa shape index (κ1) is 15.0. The van der Waals surface area contributed by atoms with E-state index in [1.54, 1.807) is 6.20 Å². The fraction of sp³-hybridized carbons (Fsp3) is 0.375. The Morgan fingerprint density at radius 3 is 2.73 bits per heavy atom. The van der Waals surface area contributed by atoms with Crippen LogP contribution in [0.1, 0.15) is 25.7 Å². The van der Waals surface area contributed by atoms with Gasteiger partial charge in [-0.2, -0.15) is 0 Å². The number of hydrogen-bond donors (Lipinski definition) is 3. The van der Waals surface area contributed by atoms with Gasteiger partial charge >= 0.3 is 6.03 Å². The largest absolute Gasteiger partial charge is 0.396 e. The molecule has 22 heavy (non-hydrogen) atoms. The molecule has 0 spiro atoms. The van der Waals surface area contributed by atoms with Gasteiger partial charge in [0, 0.05) is 18.3 Å². The van der Waals surface area contributed by atoms with Crippen molar-refractivity contribution >= 4 is 22.5 Å². The lowest BCUT2D eigenvalue weighted by molar-refractivity contribution is 0.139. The van der Waals surface area contributed by atoms with Crippen LogP contribution in [0.25, 0.3) is 10.4 Å². The van der Waals surface area contributed by atoms with Crippen molar-refractivity contribution in [1.29, 1.82) is 0 Å². The summed E-state index contributed by atoms with van der Waals surface area (Å²) in [6.45, 7) is 0.0929. The summed E-state index contributed by atoms with van der Waals surface area (Å²) in [7, 11) is 0. The van der Waals surface area contributed by atoms with Crippen LogP contribution in [-0.2, 0) is 0 Å². The van der Waals surface area contributed by atoms with Crippen molar-refractivity contribution in [3.8, 4) is 10.4 Å². The number of carbonyl (C=O) groups excluding carboxylic acids is 1. The van der Waals surface area contributed by atoms with Crippen LogP contribution in [-0.4, -0.2) is 28.3 Å². The molecule has 1 aliphatic carbocycles. The molecule has 1 aliphatic rings. The number of rotatable bonds is 5. The van der Waals surface area contributed by atoms with Crippen LogP contribution >= 0.6 is 11.3 Å². The second kappa shape index (κ2) is 6.46. The van der Waals surface area contributed by atoms with Crippen LogP contribution in [0.5, 0.6) is 0 Å². The molecular weight excluding hydrogens is 298 g/mol. The molecule has 1 saturated carbocycles. The van der Waals surface area contributed by atoms with E-state index >= 15 is 0 Å². The molecule has 1 heterocycles. The topological polar surface area (TPSA) is 74.2 Å². The molecule has 0 aliphatic heterocycles. The van der Waals surface area contributed by atoms with Gasteiger partial charge in [-0.1, -0.05) is 41.7 Å². The quantitative estimate of drug-likeness (QED) is 0.792. The van der Waals surface area contributed by atoms with Gasteiger partial charge in [0.1, 0.15) is 0 Å². The molecule has 1 fully saturated rings. The third-order valence-electron chi connectivity index (χ3n) is 4.06. The highest BCUT2D eigenvalue weighted by Gasteiger charge is 2.37. The van der Waals surface area contributed by atoms with Crippen LogP contribution in [0.2, 0.25) is 0 Å². The summed E-state index contributed by atoms with van der Waals surface area (Å²) >= 11 is 1.45. The lowest BCUT2D eigenvalue weighted by Gasteiger charge is -2.42. The fourth-order valence-electron chi connectivity index (χ4n) is 2.69. The molecule has 5 nitrogen and oxygen atoms in total. The van der Waals surface area contributed by atoms with Crippen molar-refractivity contribution in [3.63, 3.8) is 0 Å². The number of hydrogen-bond acceptors (Lipinski definition) is 4. The number of nitrogens with one attached hydrogen (secondary N) is 2. The molecule has 3 N–H and O–H groups in total. The summed E-state index contributed by atoms with van der Waals surface area (Å²) in [6.07, 6.45) is 5.31. The number of aromatic nitrogens is 1. The molecule has 2 amide bonds. The highest BCUT2D eigenvalue weighted by molar-refractivity contribution is 7.19. The Morgan fingerprint density at radius 1 is 1.32 bits per heavy atom. The molecular formula is C16H19N3O2S. The average Bonchev–Trinajstić information content (AvgIpc) is 2.94. The second-order valence-corrected chi connectivity index (χ2v) is 6.61. The summed E-state index contributed by atoms with van der Waals surface area (Å²) in [5.41, 5.74) is 0.849. The number of amides is 2. The zero-order chi connectivity index (χ0) is 15.4. The summed E-state index contributed by atoms with van der Waals surface area (Å²) in [4.78, 5) is 17.4. The van der Waals surface area contributed by atoms with Crippen LogP contribution in [0.4, 0.5) is 9.93 Å². The van der Waals surface area contributed by atoms with Gasteiger partial charge in [-0.15, -0.1) is 0 Å². The number of urea groups is 1. The Morgan fingerprint density at radius 2 is 2.09 bits per heavy atom.